The quantitative estimate of drug-likeness (QED) is 0.431. The third kappa shape index (κ3) is 4.87. The molecule has 4 rings (SSSR count). The fourth-order valence-electron chi connectivity index (χ4n) is 4.35. The van der Waals surface area contributed by atoms with E-state index in [1.54, 1.807) is 28.4 Å². The molecule has 0 aromatic heterocycles. The Morgan fingerprint density at radius 3 is 2.11 bits per heavy atom. The van der Waals surface area contributed by atoms with Crippen molar-refractivity contribution in [3.05, 3.63) is 82.9 Å². The lowest BCUT2D eigenvalue weighted by Crippen LogP contribution is -2.11. The van der Waals surface area contributed by atoms with Gasteiger partial charge in [0.05, 0.1) is 34.9 Å². The zero-order chi connectivity index (χ0) is 24.9. The van der Waals surface area contributed by atoms with Crippen LogP contribution in [0.4, 0.5) is 5.69 Å². The summed E-state index contributed by atoms with van der Waals surface area (Å²) in [6.07, 6.45) is 2.32. The van der Waals surface area contributed by atoms with E-state index in [4.69, 9.17) is 18.9 Å². The minimum atomic E-state index is -0.0756. The van der Waals surface area contributed by atoms with Crippen molar-refractivity contribution in [3.63, 3.8) is 0 Å². The highest BCUT2D eigenvalue weighted by Gasteiger charge is 2.26. The molecule has 0 saturated heterocycles. The van der Waals surface area contributed by atoms with E-state index in [1.165, 1.54) is 0 Å². The highest BCUT2D eigenvalue weighted by Crippen LogP contribution is 2.46. The maximum absolute atomic E-state index is 12.9. The van der Waals surface area contributed by atoms with Gasteiger partial charge >= 0.3 is 0 Å². The molecule has 0 radical (unpaired) electrons. The lowest BCUT2D eigenvalue weighted by molar-refractivity contribution is -0.115. The molecule has 0 saturated carbocycles. The summed E-state index contributed by atoms with van der Waals surface area (Å²) < 4.78 is 22.0. The Hall–Kier alpha value is -4.19. The van der Waals surface area contributed by atoms with Crippen LogP contribution in [-0.2, 0) is 4.79 Å². The van der Waals surface area contributed by atoms with Crippen molar-refractivity contribution in [2.24, 2.45) is 0 Å². The highest BCUT2D eigenvalue weighted by molar-refractivity contribution is 6.10. The smallest absolute Gasteiger partial charge is 0.228 e. The number of hydrogen-bond donors (Lipinski definition) is 1. The van der Waals surface area contributed by atoms with Gasteiger partial charge in [0.1, 0.15) is 5.75 Å². The number of ether oxygens (including phenoxy) is 4. The Morgan fingerprint density at radius 1 is 0.829 bits per heavy atom. The maximum atomic E-state index is 12.9. The number of fused-ring (bicyclic) bond motifs is 1. The van der Waals surface area contributed by atoms with Crippen molar-refractivity contribution in [2.45, 2.75) is 13.3 Å². The molecule has 35 heavy (non-hydrogen) atoms. The van der Waals surface area contributed by atoms with Gasteiger partial charge in [-0.2, -0.15) is 0 Å². The molecule has 0 aliphatic heterocycles. The second-order valence-electron chi connectivity index (χ2n) is 8.12. The van der Waals surface area contributed by atoms with Gasteiger partial charge in [-0.1, -0.05) is 24.3 Å². The van der Waals surface area contributed by atoms with Crippen LogP contribution in [0, 0.1) is 0 Å². The largest absolute Gasteiger partial charge is 0.497 e. The van der Waals surface area contributed by atoms with Gasteiger partial charge < -0.3 is 24.3 Å². The standard InChI is InChI=1S/C29H29NO5/c1-18-23(13-19-14-26(33-3)29(35-5)27(15-19)34-4)22-12-11-21(32-2)16-25(22)24(18)17-28(31)30-20-9-7-6-8-10-20/h6-16H,17H2,1-5H3,(H,30,31)/b23-13-. The van der Waals surface area contributed by atoms with Gasteiger partial charge in [0.2, 0.25) is 11.7 Å². The molecule has 0 bridgehead atoms. The molecule has 0 atom stereocenters. The summed E-state index contributed by atoms with van der Waals surface area (Å²) in [7, 11) is 6.42. The summed E-state index contributed by atoms with van der Waals surface area (Å²) >= 11 is 0. The predicted molar refractivity (Wildman–Crippen MR) is 139 cm³/mol. The average Bonchev–Trinajstić information content (AvgIpc) is 3.13. The number of anilines is 1. The fourth-order valence-corrected chi connectivity index (χ4v) is 4.35. The minimum absolute atomic E-state index is 0.0756. The lowest BCUT2D eigenvalue weighted by Gasteiger charge is -2.13. The molecule has 3 aromatic carbocycles. The van der Waals surface area contributed by atoms with Gasteiger partial charge in [-0.15, -0.1) is 0 Å². The van der Waals surface area contributed by atoms with Gasteiger partial charge in [0.15, 0.2) is 11.5 Å². The van der Waals surface area contributed by atoms with Crippen LogP contribution in [-0.4, -0.2) is 34.3 Å². The fraction of sp³-hybridized carbons (Fsp3) is 0.207. The van der Waals surface area contributed by atoms with Gasteiger partial charge in [-0.3, -0.25) is 4.79 Å². The third-order valence-corrected chi connectivity index (χ3v) is 6.09. The number of methoxy groups -OCH3 is 4. The summed E-state index contributed by atoms with van der Waals surface area (Å²) in [4.78, 5) is 12.9. The van der Waals surface area contributed by atoms with E-state index in [2.05, 4.69) is 11.4 Å². The molecule has 1 amide bonds. The van der Waals surface area contributed by atoms with Crippen molar-refractivity contribution in [1.82, 2.24) is 0 Å². The van der Waals surface area contributed by atoms with Crippen molar-refractivity contribution < 1.29 is 23.7 Å². The van der Waals surface area contributed by atoms with Crippen molar-refractivity contribution in [1.29, 1.82) is 0 Å². The number of amides is 1. The van der Waals surface area contributed by atoms with Crippen LogP contribution in [0.2, 0.25) is 0 Å². The first-order chi connectivity index (χ1) is 17.0. The molecule has 1 aliphatic carbocycles. The van der Waals surface area contributed by atoms with Gasteiger partial charge in [0.25, 0.3) is 0 Å². The SMILES string of the molecule is COc1ccc2c(c1)C(CC(=O)Nc1ccccc1)=C(C)/C2=C/c1cc(OC)c(OC)c(OC)c1. The van der Waals surface area contributed by atoms with Gasteiger partial charge in [0, 0.05) is 5.69 Å². The Labute approximate surface area is 205 Å². The lowest BCUT2D eigenvalue weighted by atomic mass is 10.00. The molecule has 1 aliphatic rings. The molecule has 6 heteroatoms. The summed E-state index contributed by atoms with van der Waals surface area (Å²) in [5, 5.41) is 2.99. The average molecular weight is 472 g/mol. The number of carbonyl (C=O) groups excluding carboxylic acids is 1. The molecular weight excluding hydrogens is 442 g/mol. The first-order valence-electron chi connectivity index (χ1n) is 11.2. The van der Waals surface area contributed by atoms with E-state index in [9.17, 15) is 4.79 Å². The molecule has 1 N–H and O–H groups in total. The highest BCUT2D eigenvalue weighted by atomic mass is 16.5. The second-order valence-corrected chi connectivity index (χ2v) is 8.12. The number of hydrogen-bond acceptors (Lipinski definition) is 5. The van der Waals surface area contributed by atoms with E-state index >= 15 is 0 Å². The Balaban J connectivity index is 1.77. The van der Waals surface area contributed by atoms with Crippen LogP contribution in [0.25, 0.3) is 17.2 Å². The number of benzene rings is 3. The first kappa shape index (κ1) is 24.0. The molecule has 0 unspecified atom stereocenters. The van der Waals surface area contributed by atoms with Crippen LogP contribution in [0.5, 0.6) is 23.0 Å². The number of nitrogens with one attached hydrogen (secondary N) is 1. The molecule has 0 fully saturated rings. The number of carbonyl (C=O) groups is 1. The third-order valence-electron chi connectivity index (χ3n) is 6.09. The summed E-state index contributed by atoms with van der Waals surface area (Å²) in [5.41, 5.74) is 6.72. The summed E-state index contributed by atoms with van der Waals surface area (Å²) in [5.74, 6) is 2.37. The van der Waals surface area contributed by atoms with Crippen molar-refractivity contribution in [2.75, 3.05) is 33.8 Å². The maximum Gasteiger partial charge on any atom is 0.228 e. The van der Waals surface area contributed by atoms with Crippen LogP contribution < -0.4 is 24.3 Å². The van der Waals surface area contributed by atoms with E-state index in [0.717, 1.165) is 44.8 Å². The van der Waals surface area contributed by atoms with E-state index in [1.807, 2.05) is 67.6 Å². The number of para-hydroxylation sites is 1. The van der Waals surface area contributed by atoms with Crippen molar-refractivity contribution >= 4 is 28.8 Å². The molecule has 0 spiro atoms. The normalized spacial score (nSPS) is 13.5. The second kappa shape index (κ2) is 10.4. The van der Waals surface area contributed by atoms with Crippen LogP contribution in [0.15, 0.2) is 66.2 Å². The first-order valence-corrected chi connectivity index (χ1v) is 11.2. The molecule has 3 aromatic rings. The Kier molecular flexibility index (Phi) is 7.11. The van der Waals surface area contributed by atoms with E-state index in [0.29, 0.717) is 17.2 Å². The summed E-state index contributed by atoms with van der Waals surface area (Å²) in [6.45, 7) is 2.04. The van der Waals surface area contributed by atoms with Crippen LogP contribution >= 0.6 is 0 Å². The minimum Gasteiger partial charge on any atom is -0.497 e. The monoisotopic (exact) mass is 471 g/mol. The molecular formula is C29H29NO5. The van der Waals surface area contributed by atoms with Crippen LogP contribution in [0.1, 0.15) is 30.0 Å². The van der Waals surface area contributed by atoms with E-state index < -0.39 is 0 Å². The van der Waals surface area contributed by atoms with Crippen LogP contribution in [0.3, 0.4) is 0 Å². The Bertz CT molecular complexity index is 1280. The Morgan fingerprint density at radius 2 is 1.51 bits per heavy atom. The zero-order valence-corrected chi connectivity index (χ0v) is 20.6. The van der Waals surface area contributed by atoms with Gasteiger partial charge in [-0.05, 0) is 82.8 Å². The molecule has 6 nitrogen and oxygen atoms in total. The van der Waals surface area contributed by atoms with Crippen molar-refractivity contribution in [3.8, 4) is 23.0 Å². The predicted octanol–water partition coefficient (Wildman–Crippen LogP) is 6.08. The van der Waals surface area contributed by atoms with Gasteiger partial charge in [-0.25, -0.2) is 0 Å². The molecule has 0 heterocycles. The zero-order valence-electron chi connectivity index (χ0n) is 20.6. The summed E-state index contributed by atoms with van der Waals surface area (Å²) in [6, 6.07) is 19.2. The van der Waals surface area contributed by atoms with E-state index in [-0.39, 0.29) is 12.3 Å². The molecule has 180 valence electrons. The number of allylic oxidation sites excluding steroid dienone is 2. The number of rotatable bonds is 8. The topological polar surface area (TPSA) is 66.0 Å².